The molecule has 0 saturated heterocycles. The zero-order valence-corrected chi connectivity index (χ0v) is 6.41. The third-order valence-electron chi connectivity index (χ3n) is 1.97. The van der Waals surface area contributed by atoms with Crippen LogP contribution < -0.4 is 0 Å². The third kappa shape index (κ3) is 0.946. The molecule has 1 aliphatic heterocycles. The number of hydrogen-bond acceptors (Lipinski definition) is 2. The average Bonchev–Trinajstić information content (AvgIpc) is 2.55. The van der Waals surface area contributed by atoms with Crippen LogP contribution in [0.3, 0.4) is 0 Å². The molecular weight excluding hydrogens is 140 g/mol. The van der Waals surface area contributed by atoms with E-state index in [4.69, 9.17) is 9.15 Å². The Balaban J connectivity index is 2.29. The van der Waals surface area contributed by atoms with E-state index in [0.29, 0.717) is 0 Å². The van der Waals surface area contributed by atoms with Gasteiger partial charge in [-0.1, -0.05) is 0 Å². The summed E-state index contributed by atoms with van der Waals surface area (Å²) in [6, 6.07) is 3.81. The fraction of sp³-hybridized carbons (Fsp3) is 0.333. The molecule has 0 radical (unpaired) electrons. The Morgan fingerprint density at radius 1 is 1.55 bits per heavy atom. The monoisotopic (exact) mass is 150 g/mol. The highest BCUT2D eigenvalue weighted by Gasteiger charge is 2.32. The number of rotatable bonds is 1. The van der Waals surface area contributed by atoms with Crippen molar-refractivity contribution in [2.45, 2.75) is 18.9 Å². The summed E-state index contributed by atoms with van der Waals surface area (Å²) >= 11 is 0. The van der Waals surface area contributed by atoms with E-state index in [9.17, 15) is 0 Å². The lowest BCUT2D eigenvalue weighted by Crippen LogP contribution is -2.18. The van der Waals surface area contributed by atoms with E-state index >= 15 is 0 Å². The highest BCUT2D eigenvalue weighted by molar-refractivity contribution is 5.13. The quantitative estimate of drug-likeness (QED) is 0.613. The summed E-state index contributed by atoms with van der Waals surface area (Å²) in [4.78, 5) is 0. The maximum atomic E-state index is 5.41. The third-order valence-corrected chi connectivity index (χ3v) is 1.97. The van der Waals surface area contributed by atoms with Crippen LogP contribution >= 0.6 is 0 Å². The average molecular weight is 150 g/mol. The zero-order chi connectivity index (χ0) is 7.73. The van der Waals surface area contributed by atoms with E-state index in [-0.39, 0.29) is 5.60 Å². The molecule has 1 aliphatic rings. The van der Waals surface area contributed by atoms with Crippen LogP contribution in [0.1, 0.15) is 19.1 Å². The molecule has 58 valence electrons. The Hall–Kier alpha value is -1.18. The molecule has 1 aromatic heterocycles. The smallest absolute Gasteiger partial charge is 0.166 e. The van der Waals surface area contributed by atoms with Crippen molar-refractivity contribution in [1.82, 2.24) is 0 Å². The molecule has 2 nitrogen and oxygen atoms in total. The van der Waals surface area contributed by atoms with Crippen LogP contribution in [0.5, 0.6) is 0 Å². The molecule has 2 rings (SSSR count). The van der Waals surface area contributed by atoms with Gasteiger partial charge in [0, 0.05) is 6.42 Å². The number of hydrogen-bond donors (Lipinski definition) is 0. The van der Waals surface area contributed by atoms with Crippen molar-refractivity contribution in [1.29, 1.82) is 0 Å². The predicted octanol–water partition coefficient (Wildman–Crippen LogP) is 2.43. The number of furan rings is 1. The van der Waals surface area contributed by atoms with Crippen molar-refractivity contribution in [2.24, 2.45) is 0 Å². The molecule has 0 aliphatic carbocycles. The summed E-state index contributed by atoms with van der Waals surface area (Å²) in [6.07, 6.45) is 6.29. The lowest BCUT2D eigenvalue weighted by Gasteiger charge is -2.20. The van der Waals surface area contributed by atoms with Crippen molar-refractivity contribution in [3.8, 4) is 0 Å². The standard InChI is InChI=1S/C9H10O2/c1-9(5-3-7-11-9)8-4-2-6-10-8/h2-4,6-7H,5H2,1H3. The summed E-state index contributed by atoms with van der Waals surface area (Å²) in [6.45, 7) is 2.02. The molecule has 2 heteroatoms. The van der Waals surface area contributed by atoms with Gasteiger partial charge in [0.05, 0.1) is 12.5 Å². The molecule has 0 fully saturated rings. The molecule has 0 N–H and O–H groups in total. The first-order valence-corrected chi connectivity index (χ1v) is 3.68. The van der Waals surface area contributed by atoms with Gasteiger partial charge in [0.2, 0.25) is 0 Å². The van der Waals surface area contributed by atoms with Crippen LogP contribution in [-0.4, -0.2) is 0 Å². The fourth-order valence-corrected chi connectivity index (χ4v) is 1.26. The molecule has 0 bridgehead atoms. The second kappa shape index (κ2) is 2.16. The molecule has 0 aromatic carbocycles. The first-order valence-electron chi connectivity index (χ1n) is 3.68. The maximum Gasteiger partial charge on any atom is 0.166 e. The maximum absolute atomic E-state index is 5.41. The molecule has 11 heavy (non-hydrogen) atoms. The minimum Gasteiger partial charge on any atom is -0.487 e. The largest absolute Gasteiger partial charge is 0.487 e. The Morgan fingerprint density at radius 3 is 3.00 bits per heavy atom. The van der Waals surface area contributed by atoms with Gasteiger partial charge in [-0.25, -0.2) is 0 Å². The van der Waals surface area contributed by atoms with Crippen LogP contribution in [0.4, 0.5) is 0 Å². The van der Waals surface area contributed by atoms with Crippen molar-refractivity contribution < 1.29 is 9.15 Å². The van der Waals surface area contributed by atoms with Crippen LogP contribution in [0.15, 0.2) is 35.2 Å². The molecule has 1 aromatic rings. The van der Waals surface area contributed by atoms with Crippen molar-refractivity contribution in [3.63, 3.8) is 0 Å². The second-order valence-electron chi connectivity index (χ2n) is 2.90. The normalized spacial score (nSPS) is 28.8. The van der Waals surface area contributed by atoms with Gasteiger partial charge in [-0.3, -0.25) is 0 Å². The molecule has 0 spiro atoms. The van der Waals surface area contributed by atoms with Crippen molar-refractivity contribution in [2.75, 3.05) is 0 Å². The van der Waals surface area contributed by atoms with Gasteiger partial charge in [-0.2, -0.15) is 0 Å². The highest BCUT2D eigenvalue weighted by atomic mass is 16.5. The van der Waals surface area contributed by atoms with Crippen LogP contribution in [0.25, 0.3) is 0 Å². The Morgan fingerprint density at radius 2 is 2.45 bits per heavy atom. The summed E-state index contributed by atoms with van der Waals surface area (Å²) in [5, 5.41) is 0. The first kappa shape index (κ1) is 6.53. The zero-order valence-electron chi connectivity index (χ0n) is 6.41. The molecular formula is C9H10O2. The van der Waals surface area contributed by atoms with Crippen molar-refractivity contribution in [3.05, 3.63) is 36.5 Å². The lowest BCUT2D eigenvalue weighted by molar-refractivity contribution is 0.0388. The lowest BCUT2D eigenvalue weighted by atomic mass is 10.0. The summed E-state index contributed by atoms with van der Waals surface area (Å²) in [7, 11) is 0. The Kier molecular flexibility index (Phi) is 1.28. The minimum atomic E-state index is -0.260. The Labute approximate surface area is 65.5 Å². The Bertz CT molecular complexity index is 251. The van der Waals surface area contributed by atoms with Gasteiger partial charge in [0.1, 0.15) is 5.76 Å². The second-order valence-corrected chi connectivity index (χ2v) is 2.90. The predicted molar refractivity (Wildman–Crippen MR) is 40.9 cm³/mol. The van der Waals surface area contributed by atoms with Crippen LogP contribution in [0.2, 0.25) is 0 Å². The van der Waals surface area contributed by atoms with E-state index in [1.165, 1.54) is 0 Å². The van der Waals surface area contributed by atoms with Crippen molar-refractivity contribution >= 4 is 0 Å². The SMILES string of the molecule is CC1(c2ccco2)CC=CO1. The van der Waals surface area contributed by atoms with Gasteiger partial charge in [0.15, 0.2) is 5.60 Å². The highest BCUT2D eigenvalue weighted by Crippen LogP contribution is 2.33. The molecule has 0 saturated carbocycles. The summed E-state index contributed by atoms with van der Waals surface area (Å²) in [5.74, 6) is 0.891. The van der Waals surface area contributed by atoms with E-state index in [1.807, 2.05) is 25.1 Å². The van der Waals surface area contributed by atoms with E-state index in [1.54, 1.807) is 12.5 Å². The van der Waals surface area contributed by atoms with Gasteiger partial charge in [-0.15, -0.1) is 0 Å². The first-order chi connectivity index (χ1) is 5.31. The van der Waals surface area contributed by atoms with Gasteiger partial charge in [-0.05, 0) is 25.1 Å². The van der Waals surface area contributed by atoms with E-state index in [2.05, 4.69) is 0 Å². The topological polar surface area (TPSA) is 22.4 Å². The van der Waals surface area contributed by atoms with Gasteiger partial charge >= 0.3 is 0 Å². The number of ether oxygens (including phenoxy) is 1. The molecule has 1 unspecified atom stereocenters. The van der Waals surface area contributed by atoms with Crippen LogP contribution in [-0.2, 0) is 10.3 Å². The van der Waals surface area contributed by atoms with Gasteiger partial charge in [0.25, 0.3) is 0 Å². The molecule has 0 amide bonds. The molecule has 2 heterocycles. The summed E-state index contributed by atoms with van der Waals surface area (Å²) < 4.78 is 10.7. The van der Waals surface area contributed by atoms with Crippen LogP contribution in [0, 0.1) is 0 Å². The van der Waals surface area contributed by atoms with Gasteiger partial charge < -0.3 is 9.15 Å². The summed E-state index contributed by atoms with van der Waals surface area (Å²) in [5.41, 5.74) is -0.260. The van der Waals surface area contributed by atoms with E-state index in [0.717, 1.165) is 12.2 Å². The minimum absolute atomic E-state index is 0.260. The molecule has 1 atom stereocenters. The van der Waals surface area contributed by atoms with E-state index < -0.39 is 0 Å². The fourth-order valence-electron chi connectivity index (χ4n) is 1.26.